The number of oxime groups is 1. The molecule has 0 aliphatic rings. The first-order valence-electron chi connectivity index (χ1n) is 9.60. The van der Waals surface area contributed by atoms with Gasteiger partial charge in [0.2, 0.25) is 0 Å². The van der Waals surface area contributed by atoms with E-state index in [1.165, 1.54) is 6.92 Å². The van der Waals surface area contributed by atoms with E-state index in [0.717, 1.165) is 11.3 Å². The fraction of sp³-hybridized carbons (Fsp3) is 0.591. The second kappa shape index (κ2) is 16.1. The first kappa shape index (κ1) is 31.9. The molecule has 0 aliphatic carbocycles. The molecule has 0 spiro atoms. The van der Waals surface area contributed by atoms with Crippen molar-refractivity contribution in [2.24, 2.45) is 10.6 Å². The van der Waals surface area contributed by atoms with Crippen LogP contribution in [0.3, 0.4) is 0 Å². The van der Waals surface area contributed by atoms with Gasteiger partial charge >= 0.3 is 5.97 Å². The standard InChI is InChI=1S/C11H14O.C5H9NO2.C4H11O2P.C2H6/c1-11(2,3)10(12)9-7-5-4-6-8-9;1-4(2)6-8-5(3)7;1-4(5)7(2,3)6;1-2/h4-8H,1-3H3;1-3H3;4-5H,1-3H3;1-2H3. The summed E-state index contributed by atoms with van der Waals surface area (Å²) in [6.45, 7) is 19.3. The van der Waals surface area contributed by atoms with Crippen LogP contribution in [-0.4, -0.2) is 41.7 Å². The number of aliphatic hydroxyl groups excluding tert-OH is 1. The molecule has 0 aromatic heterocycles. The number of Topliss-reactive ketones (excluding diaryl/α,β-unsaturated/α-hetero) is 1. The Balaban J connectivity index is -0.000000351. The van der Waals surface area contributed by atoms with Crippen molar-refractivity contribution in [1.29, 1.82) is 0 Å². The van der Waals surface area contributed by atoms with Gasteiger partial charge in [-0.05, 0) is 34.1 Å². The maximum Gasteiger partial charge on any atom is 0.331 e. The van der Waals surface area contributed by atoms with Gasteiger partial charge in [-0.25, -0.2) is 4.79 Å². The first-order chi connectivity index (χ1) is 13.1. The molecule has 1 rings (SSSR count). The van der Waals surface area contributed by atoms with E-state index in [1.54, 1.807) is 34.1 Å². The van der Waals surface area contributed by atoms with Crippen LogP contribution >= 0.6 is 7.14 Å². The molecule has 0 bridgehead atoms. The van der Waals surface area contributed by atoms with E-state index < -0.39 is 13.0 Å². The average Bonchev–Trinajstić information content (AvgIpc) is 2.61. The van der Waals surface area contributed by atoms with Crippen LogP contribution in [0.25, 0.3) is 0 Å². The zero-order valence-electron chi connectivity index (χ0n) is 19.9. The van der Waals surface area contributed by atoms with E-state index in [4.69, 9.17) is 5.11 Å². The smallest absolute Gasteiger partial charge is 0.331 e. The lowest BCUT2D eigenvalue weighted by Crippen LogP contribution is -2.19. The van der Waals surface area contributed by atoms with Crippen LogP contribution in [0, 0.1) is 5.41 Å². The highest BCUT2D eigenvalue weighted by Gasteiger charge is 2.22. The molecule has 0 aliphatic heterocycles. The summed E-state index contributed by atoms with van der Waals surface area (Å²) in [7, 11) is -2.18. The SMILES string of the molecule is CC.CC(=O)ON=C(C)C.CC(C)(C)C(=O)c1ccccc1.CC(O)P(C)(C)=O. The Bertz CT molecular complexity index is 652. The summed E-state index contributed by atoms with van der Waals surface area (Å²) in [6.07, 6.45) is 0. The average molecular weight is 430 g/mol. The van der Waals surface area contributed by atoms with E-state index in [0.29, 0.717) is 0 Å². The molecule has 29 heavy (non-hydrogen) atoms. The topological polar surface area (TPSA) is 93.0 Å². The third kappa shape index (κ3) is 20.8. The third-order valence-electron chi connectivity index (χ3n) is 2.97. The number of carbonyl (C=O) groups excluding carboxylic acids is 2. The highest BCUT2D eigenvalue weighted by molar-refractivity contribution is 7.62. The largest absolute Gasteiger partial charge is 0.386 e. The lowest BCUT2D eigenvalue weighted by molar-refractivity contribution is -0.140. The number of rotatable bonds is 3. The zero-order chi connectivity index (χ0) is 23.8. The van der Waals surface area contributed by atoms with Crippen LogP contribution in [0.4, 0.5) is 0 Å². The molecule has 0 heterocycles. The molecule has 0 radical (unpaired) electrons. The van der Waals surface area contributed by atoms with Crippen molar-refractivity contribution in [2.45, 2.75) is 68.2 Å². The second-order valence-corrected chi connectivity index (χ2v) is 11.2. The molecule has 7 heteroatoms. The number of ketones is 1. The number of hydrogen-bond acceptors (Lipinski definition) is 6. The summed E-state index contributed by atoms with van der Waals surface area (Å²) >= 11 is 0. The monoisotopic (exact) mass is 429 g/mol. The molecular weight excluding hydrogens is 389 g/mol. The molecule has 0 amide bonds. The summed E-state index contributed by atoms with van der Waals surface area (Å²) in [5.41, 5.74) is 1.26. The molecule has 1 aromatic rings. The minimum atomic E-state index is -2.18. The van der Waals surface area contributed by atoms with Crippen LogP contribution < -0.4 is 0 Å². The Hall–Kier alpha value is -1.78. The van der Waals surface area contributed by atoms with Crippen LogP contribution in [0.15, 0.2) is 35.5 Å². The molecular formula is C22H40NO5P. The number of nitrogens with zero attached hydrogens (tertiary/aromatic N) is 1. The fourth-order valence-electron chi connectivity index (χ4n) is 1.18. The Morgan fingerprint density at radius 3 is 1.62 bits per heavy atom. The highest BCUT2D eigenvalue weighted by Crippen LogP contribution is 2.40. The van der Waals surface area contributed by atoms with Crippen molar-refractivity contribution in [3.63, 3.8) is 0 Å². The summed E-state index contributed by atoms with van der Waals surface area (Å²) < 4.78 is 10.7. The molecule has 0 fully saturated rings. The number of carbonyl (C=O) groups is 2. The predicted octanol–water partition coefficient (Wildman–Crippen LogP) is 5.83. The van der Waals surface area contributed by atoms with Gasteiger partial charge in [0.1, 0.15) is 13.0 Å². The van der Waals surface area contributed by atoms with Crippen LogP contribution in [0.1, 0.15) is 72.7 Å². The van der Waals surface area contributed by atoms with Crippen molar-refractivity contribution in [3.8, 4) is 0 Å². The van der Waals surface area contributed by atoms with Gasteiger partial charge in [-0.3, -0.25) is 4.79 Å². The van der Waals surface area contributed by atoms with E-state index in [9.17, 15) is 14.2 Å². The van der Waals surface area contributed by atoms with Gasteiger partial charge in [0.05, 0.1) is 5.71 Å². The summed E-state index contributed by atoms with van der Waals surface area (Å²) in [4.78, 5) is 25.9. The van der Waals surface area contributed by atoms with Crippen LogP contribution in [0.2, 0.25) is 0 Å². The van der Waals surface area contributed by atoms with Gasteiger partial charge in [0, 0.05) is 17.9 Å². The summed E-state index contributed by atoms with van der Waals surface area (Å²) in [5.74, 6) is -0.832. The second-order valence-electron chi connectivity index (χ2n) is 7.63. The van der Waals surface area contributed by atoms with E-state index in [1.807, 2.05) is 65.0 Å². The van der Waals surface area contributed by atoms with Crippen molar-refractivity contribution in [3.05, 3.63) is 35.9 Å². The Morgan fingerprint density at radius 1 is 1.03 bits per heavy atom. The van der Waals surface area contributed by atoms with Gasteiger partial charge in [0.15, 0.2) is 5.78 Å². The summed E-state index contributed by atoms with van der Waals surface area (Å²) in [5, 5.41) is 12.0. The van der Waals surface area contributed by atoms with Gasteiger partial charge < -0.3 is 14.5 Å². The van der Waals surface area contributed by atoms with Crippen LogP contribution in [0.5, 0.6) is 0 Å². The molecule has 1 unspecified atom stereocenters. The number of aliphatic hydroxyl groups is 1. The Kier molecular flexibility index (Phi) is 17.7. The highest BCUT2D eigenvalue weighted by atomic mass is 31.2. The van der Waals surface area contributed by atoms with E-state index in [2.05, 4.69) is 9.99 Å². The minimum Gasteiger partial charge on any atom is -0.386 e. The fourth-order valence-corrected chi connectivity index (χ4v) is 1.18. The molecule has 0 saturated heterocycles. The normalized spacial score (nSPS) is 11.0. The van der Waals surface area contributed by atoms with Gasteiger partial charge in [-0.15, -0.1) is 0 Å². The van der Waals surface area contributed by atoms with Crippen LogP contribution in [-0.2, 0) is 14.2 Å². The molecule has 1 N–H and O–H groups in total. The van der Waals surface area contributed by atoms with Gasteiger partial charge in [-0.1, -0.05) is 70.1 Å². The van der Waals surface area contributed by atoms with Crippen molar-refractivity contribution in [1.82, 2.24) is 0 Å². The van der Waals surface area contributed by atoms with E-state index in [-0.39, 0.29) is 17.2 Å². The van der Waals surface area contributed by atoms with Gasteiger partial charge in [0.25, 0.3) is 0 Å². The quantitative estimate of drug-likeness (QED) is 0.214. The maximum absolute atomic E-state index is 11.7. The Morgan fingerprint density at radius 2 is 1.41 bits per heavy atom. The maximum atomic E-state index is 11.7. The lowest BCUT2D eigenvalue weighted by atomic mass is 9.87. The van der Waals surface area contributed by atoms with Crippen molar-refractivity contribution < 1.29 is 24.1 Å². The molecule has 0 saturated carbocycles. The van der Waals surface area contributed by atoms with Crippen molar-refractivity contribution >= 4 is 24.6 Å². The number of hydrogen-bond donors (Lipinski definition) is 1. The minimum absolute atomic E-state index is 0.197. The molecule has 1 aromatic carbocycles. The Labute approximate surface area is 177 Å². The van der Waals surface area contributed by atoms with Crippen molar-refractivity contribution in [2.75, 3.05) is 13.3 Å². The first-order valence-corrected chi connectivity index (χ1v) is 12.3. The zero-order valence-corrected chi connectivity index (χ0v) is 20.8. The van der Waals surface area contributed by atoms with E-state index >= 15 is 0 Å². The number of benzene rings is 1. The molecule has 168 valence electrons. The van der Waals surface area contributed by atoms with Gasteiger partial charge in [-0.2, -0.15) is 0 Å². The molecule has 1 atom stereocenters. The summed E-state index contributed by atoms with van der Waals surface area (Å²) in [6, 6.07) is 9.40. The third-order valence-corrected chi connectivity index (χ3v) is 4.77. The predicted molar refractivity (Wildman–Crippen MR) is 123 cm³/mol. The molecule has 6 nitrogen and oxygen atoms in total. The lowest BCUT2D eigenvalue weighted by Gasteiger charge is -2.16.